The number of likely N-dealkylation sites (tertiary alicyclic amines) is 1. The number of hydrogen-bond acceptors (Lipinski definition) is 3. The molecule has 0 aliphatic carbocycles. The number of carbonyl (C=O) groups excluding carboxylic acids is 1. The Morgan fingerprint density at radius 1 is 1.29 bits per heavy atom. The van der Waals surface area contributed by atoms with Crippen molar-refractivity contribution >= 4 is 12.1 Å². The molecule has 0 bridgehead atoms. The Hall–Kier alpha value is -1.26. The van der Waals surface area contributed by atoms with Crippen molar-refractivity contribution in [2.24, 2.45) is 17.3 Å². The quantitative estimate of drug-likeness (QED) is 0.769. The Morgan fingerprint density at radius 3 is 2.29 bits per heavy atom. The van der Waals surface area contributed by atoms with E-state index >= 15 is 0 Å². The van der Waals surface area contributed by atoms with Crippen molar-refractivity contribution in [1.29, 1.82) is 0 Å². The smallest absolute Gasteiger partial charge is 0.411 e. The lowest BCUT2D eigenvalue weighted by Crippen LogP contribution is -2.45. The molecule has 1 amide bonds. The molecule has 0 radical (unpaired) electrons. The van der Waals surface area contributed by atoms with Crippen LogP contribution in [0.5, 0.6) is 0 Å². The number of carboxylic acids is 1. The minimum atomic E-state index is -0.935. The van der Waals surface area contributed by atoms with Gasteiger partial charge < -0.3 is 9.84 Å². The molecule has 4 atom stereocenters. The second-order valence-electron chi connectivity index (χ2n) is 8.35. The van der Waals surface area contributed by atoms with Crippen LogP contribution >= 0.6 is 0 Å². The Kier molecular flexibility index (Phi) is 6.71. The number of carboxylic acid groups (broad SMARTS) is 1. The fourth-order valence-electron chi connectivity index (χ4n) is 4.33. The molecule has 0 aromatic rings. The fraction of sp³-hybridized carbons (Fsp3) is 0.895. The van der Waals surface area contributed by atoms with Crippen molar-refractivity contribution in [1.82, 2.24) is 4.90 Å². The second kappa shape index (κ2) is 7.75. The van der Waals surface area contributed by atoms with Crippen molar-refractivity contribution in [2.75, 3.05) is 6.54 Å². The molecule has 0 aromatic heterocycles. The van der Waals surface area contributed by atoms with Gasteiger partial charge in [-0.2, -0.15) is 0 Å². The van der Waals surface area contributed by atoms with E-state index in [0.717, 1.165) is 25.7 Å². The summed E-state index contributed by atoms with van der Waals surface area (Å²) < 4.78 is 5.49. The second-order valence-corrected chi connectivity index (χ2v) is 8.35. The summed E-state index contributed by atoms with van der Waals surface area (Å²) in [5.41, 5.74) is -0.793. The van der Waals surface area contributed by atoms with Crippen molar-refractivity contribution < 1.29 is 19.4 Å². The number of carbonyl (C=O) groups is 2. The van der Waals surface area contributed by atoms with Crippen LogP contribution in [0.3, 0.4) is 0 Å². The molecule has 1 aliphatic rings. The summed E-state index contributed by atoms with van der Waals surface area (Å²) in [6, 6.07) is -0.814. The maximum atomic E-state index is 12.6. The summed E-state index contributed by atoms with van der Waals surface area (Å²) >= 11 is 0. The van der Waals surface area contributed by atoms with Gasteiger partial charge in [0.05, 0.1) is 0 Å². The molecule has 5 nitrogen and oxygen atoms in total. The van der Waals surface area contributed by atoms with Crippen LogP contribution in [0.4, 0.5) is 4.79 Å². The van der Waals surface area contributed by atoms with E-state index in [1.807, 2.05) is 6.92 Å². The van der Waals surface area contributed by atoms with Crippen LogP contribution < -0.4 is 0 Å². The molecule has 1 saturated heterocycles. The third kappa shape index (κ3) is 4.22. The zero-order chi connectivity index (χ0) is 18.7. The van der Waals surface area contributed by atoms with Gasteiger partial charge in [0.25, 0.3) is 0 Å². The van der Waals surface area contributed by atoms with Crippen LogP contribution in [0.2, 0.25) is 0 Å². The maximum absolute atomic E-state index is 12.6. The largest absolute Gasteiger partial charge is 0.480 e. The number of ether oxygens (including phenoxy) is 1. The third-order valence-corrected chi connectivity index (χ3v) is 5.48. The average molecular weight is 341 g/mol. The Balaban J connectivity index is 3.21. The van der Waals surface area contributed by atoms with E-state index in [4.69, 9.17) is 4.74 Å². The summed E-state index contributed by atoms with van der Waals surface area (Å²) in [6.45, 7) is 14.3. The van der Waals surface area contributed by atoms with Crippen LogP contribution in [-0.4, -0.2) is 40.3 Å². The summed E-state index contributed by atoms with van der Waals surface area (Å²) in [4.78, 5) is 26.0. The molecule has 1 rings (SSSR count). The zero-order valence-corrected chi connectivity index (χ0v) is 16.4. The first-order valence-corrected chi connectivity index (χ1v) is 9.22. The standard InChI is InChI=1S/C19H35NO4/c1-8-10-13(3)19(11-9-2)12-20(15(14(19)4)16(21)22)17(23)24-18(5,6)7/h13-15H,8-12H2,1-7H3,(H,21,22)/t13?,14-,15-,19-/m0/s1. The predicted molar refractivity (Wildman–Crippen MR) is 94.9 cm³/mol. The first-order chi connectivity index (χ1) is 11.0. The molecule has 0 aromatic carbocycles. The summed E-state index contributed by atoms with van der Waals surface area (Å²) in [5.74, 6) is -0.661. The lowest BCUT2D eigenvalue weighted by molar-refractivity contribution is -0.143. The number of amides is 1. The highest BCUT2D eigenvalue weighted by molar-refractivity contribution is 5.81. The van der Waals surface area contributed by atoms with Gasteiger partial charge in [-0.25, -0.2) is 9.59 Å². The molecule has 0 saturated carbocycles. The van der Waals surface area contributed by atoms with Gasteiger partial charge in [0.15, 0.2) is 0 Å². The average Bonchev–Trinajstić information content (AvgIpc) is 2.72. The van der Waals surface area contributed by atoms with Gasteiger partial charge in [-0.3, -0.25) is 4.90 Å². The normalized spacial score (nSPS) is 28.7. The lowest BCUT2D eigenvalue weighted by Gasteiger charge is -2.39. The number of aliphatic carboxylic acids is 1. The molecule has 1 heterocycles. The fourth-order valence-corrected chi connectivity index (χ4v) is 4.33. The van der Waals surface area contributed by atoms with Crippen LogP contribution in [0.25, 0.3) is 0 Å². The van der Waals surface area contributed by atoms with E-state index in [-0.39, 0.29) is 11.3 Å². The van der Waals surface area contributed by atoms with Gasteiger partial charge in [0.1, 0.15) is 11.6 Å². The SMILES string of the molecule is CCCC(C)[C@]1(CCC)CN(C(=O)OC(C)(C)C)[C@H](C(=O)O)[C@@H]1C. The van der Waals surface area contributed by atoms with Gasteiger partial charge in [0.2, 0.25) is 0 Å². The number of hydrogen-bond donors (Lipinski definition) is 1. The Labute approximate surface area is 146 Å². The van der Waals surface area contributed by atoms with Gasteiger partial charge in [-0.05, 0) is 44.4 Å². The monoisotopic (exact) mass is 341 g/mol. The first-order valence-electron chi connectivity index (χ1n) is 9.22. The Bertz CT molecular complexity index is 457. The lowest BCUT2D eigenvalue weighted by atomic mass is 9.64. The number of nitrogens with zero attached hydrogens (tertiary/aromatic N) is 1. The van der Waals surface area contributed by atoms with E-state index in [9.17, 15) is 14.7 Å². The highest BCUT2D eigenvalue weighted by atomic mass is 16.6. The number of rotatable bonds is 6. The van der Waals surface area contributed by atoms with Gasteiger partial charge >= 0.3 is 12.1 Å². The minimum Gasteiger partial charge on any atom is -0.480 e. The molecular weight excluding hydrogens is 306 g/mol. The van der Waals surface area contributed by atoms with Crippen LogP contribution in [-0.2, 0) is 9.53 Å². The predicted octanol–water partition coefficient (Wildman–Crippen LogP) is 4.55. The zero-order valence-electron chi connectivity index (χ0n) is 16.4. The van der Waals surface area contributed by atoms with Crippen molar-refractivity contribution in [3.63, 3.8) is 0 Å². The van der Waals surface area contributed by atoms with E-state index in [1.54, 1.807) is 20.8 Å². The molecular formula is C19H35NO4. The molecule has 140 valence electrons. The first kappa shape index (κ1) is 20.8. The molecule has 1 N–H and O–H groups in total. The molecule has 1 aliphatic heterocycles. The van der Waals surface area contributed by atoms with E-state index < -0.39 is 23.7 Å². The van der Waals surface area contributed by atoms with Gasteiger partial charge in [-0.1, -0.05) is 47.0 Å². The van der Waals surface area contributed by atoms with Crippen LogP contribution in [0.15, 0.2) is 0 Å². The topological polar surface area (TPSA) is 66.8 Å². The van der Waals surface area contributed by atoms with E-state index in [2.05, 4.69) is 20.8 Å². The van der Waals surface area contributed by atoms with E-state index in [0.29, 0.717) is 12.5 Å². The van der Waals surface area contributed by atoms with E-state index in [1.165, 1.54) is 4.90 Å². The molecule has 24 heavy (non-hydrogen) atoms. The molecule has 1 unspecified atom stereocenters. The van der Waals surface area contributed by atoms with Crippen LogP contribution in [0.1, 0.15) is 74.1 Å². The van der Waals surface area contributed by atoms with Crippen LogP contribution in [0, 0.1) is 17.3 Å². The maximum Gasteiger partial charge on any atom is 0.411 e. The van der Waals surface area contributed by atoms with Crippen molar-refractivity contribution in [3.8, 4) is 0 Å². The summed E-state index contributed by atoms with van der Waals surface area (Å²) in [6.07, 6.45) is 3.50. The highest BCUT2D eigenvalue weighted by Gasteiger charge is 2.56. The summed E-state index contributed by atoms with van der Waals surface area (Å²) in [5, 5.41) is 9.76. The summed E-state index contributed by atoms with van der Waals surface area (Å²) in [7, 11) is 0. The van der Waals surface area contributed by atoms with Gasteiger partial charge in [0, 0.05) is 6.54 Å². The third-order valence-electron chi connectivity index (χ3n) is 5.48. The highest BCUT2D eigenvalue weighted by Crippen LogP contribution is 2.50. The van der Waals surface area contributed by atoms with Crippen molar-refractivity contribution in [2.45, 2.75) is 85.8 Å². The van der Waals surface area contributed by atoms with Gasteiger partial charge in [-0.15, -0.1) is 0 Å². The minimum absolute atomic E-state index is 0.0935. The molecule has 1 fully saturated rings. The Morgan fingerprint density at radius 2 is 1.88 bits per heavy atom. The molecule has 0 spiro atoms. The molecule has 5 heteroatoms. The van der Waals surface area contributed by atoms with Crippen molar-refractivity contribution in [3.05, 3.63) is 0 Å².